The largest absolute Gasteiger partial charge is 0.373 e. The first kappa shape index (κ1) is 12.8. The van der Waals surface area contributed by atoms with E-state index in [1.54, 1.807) is 12.1 Å². The zero-order valence-corrected chi connectivity index (χ0v) is 10.9. The summed E-state index contributed by atoms with van der Waals surface area (Å²) >= 11 is 5.77. The van der Waals surface area contributed by atoms with Crippen LogP contribution in [0.25, 0.3) is 0 Å². The van der Waals surface area contributed by atoms with Crippen molar-refractivity contribution in [3.63, 3.8) is 0 Å². The summed E-state index contributed by atoms with van der Waals surface area (Å²) in [5.74, 6) is -0.284. The lowest BCUT2D eigenvalue weighted by Crippen LogP contribution is -2.40. The number of ether oxygens (including phenoxy) is 1. The molecule has 0 spiro atoms. The second kappa shape index (κ2) is 4.92. The second-order valence-corrected chi connectivity index (χ2v) is 5.09. The molecule has 1 aromatic carbocycles. The SMILES string of the molecule is CNC(c1ccc(Cl)cc1F)C1(C)CCCO1. The minimum Gasteiger partial charge on any atom is -0.373 e. The highest BCUT2D eigenvalue weighted by molar-refractivity contribution is 6.30. The molecule has 2 atom stereocenters. The van der Waals surface area contributed by atoms with Crippen molar-refractivity contribution in [3.8, 4) is 0 Å². The fraction of sp³-hybridized carbons (Fsp3) is 0.538. The Morgan fingerprint density at radius 2 is 2.29 bits per heavy atom. The topological polar surface area (TPSA) is 21.3 Å². The van der Waals surface area contributed by atoms with Crippen LogP contribution in [0.1, 0.15) is 31.4 Å². The predicted molar refractivity (Wildman–Crippen MR) is 66.8 cm³/mol. The molecule has 0 aliphatic carbocycles. The van der Waals surface area contributed by atoms with E-state index in [1.807, 2.05) is 14.0 Å². The molecule has 0 bridgehead atoms. The summed E-state index contributed by atoms with van der Waals surface area (Å²) in [5, 5.41) is 3.57. The van der Waals surface area contributed by atoms with Crippen LogP contribution in [0.5, 0.6) is 0 Å². The van der Waals surface area contributed by atoms with Gasteiger partial charge in [0.05, 0.1) is 11.6 Å². The van der Waals surface area contributed by atoms with E-state index in [9.17, 15) is 4.39 Å². The Kier molecular flexibility index (Phi) is 3.71. The van der Waals surface area contributed by atoms with Crippen LogP contribution in [0.15, 0.2) is 18.2 Å². The van der Waals surface area contributed by atoms with Gasteiger partial charge in [0.2, 0.25) is 0 Å². The Morgan fingerprint density at radius 1 is 1.53 bits per heavy atom. The molecular weight excluding hydrogens is 241 g/mol. The fourth-order valence-electron chi connectivity index (χ4n) is 2.55. The molecule has 1 aliphatic heterocycles. The van der Waals surface area contributed by atoms with Crippen LogP contribution in [0, 0.1) is 5.82 Å². The Hall–Kier alpha value is -0.640. The number of rotatable bonds is 3. The molecule has 0 radical (unpaired) electrons. The van der Waals surface area contributed by atoms with E-state index in [0.717, 1.165) is 19.4 Å². The highest BCUT2D eigenvalue weighted by Crippen LogP contribution is 2.38. The highest BCUT2D eigenvalue weighted by atomic mass is 35.5. The zero-order chi connectivity index (χ0) is 12.5. The summed E-state index contributed by atoms with van der Waals surface area (Å²) in [6.45, 7) is 2.76. The van der Waals surface area contributed by atoms with Crippen LogP contribution in [0.3, 0.4) is 0 Å². The van der Waals surface area contributed by atoms with Gasteiger partial charge in [0.1, 0.15) is 5.82 Å². The first-order chi connectivity index (χ1) is 8.07. The lowest BCUT2D eigenvalue weighted by atomic mass is 9.87. The molecule has 17 heavy (non-hydrogen) atoms. The Labute approximate surface area is 106 Å². The van der Waals surface area contributed by atoms with Gasteiger partial charge in [0.25, 0.3) is 0 Å². The van der Waals surface area contributed by atoms with Crippen molar-refractivity contribution in [2.45, 2.75) is 31.4 Å². The van der Waals surface area contributed by atoms with E-state index in [1.165, 1.54) is 6.07 Å². The maximum absolute atomic E-state index is 13.9. The van der Waals surface area contributed by atoms with Gasteiger partial charge in [0, 0.05) is 17.2 Å². The van der Waals surface area contributed by atoms with Crippen molar-refractivity contribution in [1.29, 1.82) is 0 Å². The number of likely N-dealkylation sites (N-methyl/N-ethyl adjacent to an activating group) is 1. The van der Waals surface area contributed by atoms with Crippen molar-refractivity contribution in [3.05, 3.63) is 34.6 Å². The summed E-state index contributed by atoms with van der Waals surface area (Å²) in [6.07, 6.45) is 1.95. The van der Waals surface area contributed by atoms with Gasteiger partial charge in [-0.05, 0) is 38.9 Å². The van der Waals surface area contributed by atoms with Crippen LogP contribution in [-0.2, 0) is 4.74 Å². The molecule has 1 heterocycles. The Bertz CT molecular complexity index is 404. The molecule has 1 aliphatic rings. The Balaban J connectivity index is 2.34. The van der Waals surface area contributed by atoms with E-state index < -0.39 is 0 Å². The van der Waals surface area contributed by atoms with E-state index >= 15 is 0 Å². The minimum atomic E-state index is -0.344. The number of hydrogen-bond donors (Lipinski definition) is 1. The average molecular weight is 258 g/mol. The van der Waals surface area contributed by atoms with Crippen molar-refractivity contribution < 1.29 is 9.13 Å². The van der Waals surface area contributed by atoms with Gasteiger partial charge in [0.15, 0.2) is 0 Å². The molecule has 0 saturated carbocycles. The summed E-state index contributed by atoms with van der Waals surface area (Å²) < 4.78 is 19.7. The van der Waals surface area contributed by atoms with Crippen LogP contribution in [0.2, 0.25) is 5.02 Å². The summed E-state index contributed by atoms with van der Waals surface area (Å²) in [6, 6.07) is 4.63. The number of halogens is 2. The zero-order valence-electron chi connectivity index (χ0n) is 10.1. The van der Waals surface area contributed by atoms with Crippen LogP contribution < -0.4 is 5.32 Å². The molecular formula is C13H17ClFNO. The van der Waals surface area contributed by atoms with Gasteiger partial charge in [-0.15, -0.1) is 0 Å². The molecule has 2 rings (SSSR count). The van der Waals surface area contributed by atoms with E-state index in [2.05, 4.69) is 5.32 Å². The lowest BCUT2D eigenvalue weighted by molar-refractivity contribution is -0.0113. The molecule has 1 saturated heterocycles. The number of hydrogen-bond acceptors (Lipinski definition) is 2. The van der Waals surface area contributed by atoms with Crippen molar-refractivity contribution in [1.82, 2.24) is 5.32 Å². The number of benzene rings is 1. The van der Waals surface area contributed by atoms with E-state index in [4.69, 9.17) is 16.3 Å². The number of nitrogens with one attached hydrogen (secondary N) is 1. The summed E-state index contributed by atoms with van der Waals surface area (Å²) in [5.41, 5.74) is 0.268. The van der Waals surface area contributed by atoms with E-state index in [0.29, 0.717) is 10.6 Å². The smallest absolute Gasteiger partial charge is 0.129 e. The monoisotopic (exact) mass is 257 g/mol. The third-order valence-corrected chi connectivity index (χ3v) is 3.66. The highest BCUT2D eigenvalue weighted by Gasteiger charge is 2.39. The lowest BCUT2D eigenvalue weighted by Gasteiger charge is -2.33. The maximum atomic E-state index is 13.9. The van der Waals surface area contributed by atoms with Gasteiger partial charge >= 0.3 is 0 Å². The van der Waals surface area contributed by atoms with E-state index in [-0.39, 0.29) is 17.5 Å². The summed E-state index contributed by atoms with van der Waals surface area (Å²) in [7, 11) is 1.83. The van der Waals surface area contributed by atoms with Gasteiger partial charge in [-0.3, -0.25) is 0 Å². The van der Waals surface area contributed by atoms with Crippen LogP contribution in [-0.4, -0.2) is 19.3 Å². The van der Waals surface area contributed by atoms with Gasteiger partial charge in [-0.2, -0.15) is 0 Å². The van der Waals surface area contributed by atoms with Crippen molar-refractivity contribution >= 4 is 11.6 Å². The summed E-state index contributed by atoms with van der Waals surface area (Å²) in [4.78, 5) is 0. The molecule has 94 valence electrons. The first-order valence-corrected chi connectivity index (χ1v) is 6.21. The molecule has 1 aromatic rings. The van der Waals surface area contributed by atoms with Crippen molar-refractivity contribution in [2.75, 3.05) is 13.7 Å². The average Bonchev–Trinajstić information content (AvgIpc) is 2.70. The molecule has 2 nitrogen and oxygen atoms in total. The molecule has 1 N–H and O–H groups in total. The molecule has 0 amide bonds. The minimum absolute atomic E-state index is 0.151. The maximum Gasteiger partial charge on any atom is 0.129 e. The van der Waals surface area contributed by atoms with Crippen molar-refractivity contribution in [2.24, 2.45) is 0 Å². The molecule has 0 aromatic heterocycles. The third kappa shape index (κ3) is 2.46. The van der Waals surface area contributed by atoms with Gasteiger partial charge in [-0.1, -0.05) is 17.7 Å². The van der Waals surface area contributed by atoms with Crippen LogP contribution in [0.4, 0.5) is 4.39 Å². The third-order valence-electron chi connectivity index (χ3n) is 3.42. The van der Waals surface area contributed by atoms with Gasteiger partial charge < -0.3 is 10.1 Å². The van der Waals surface area contributed by atoms with Crippen LogP contribution >= 0.6 is 11.6 Å². The quantitative estimate of drug-likeness (QED) is 0.897. The fourth-order valence-corrected chi connectivity index (χ4v) is 2.71. The normalized spacial score (nSPS) is 26.1. The first-order valence-electron chi connectivity index (χ1n) is 5.83. The Morgan fingerprint density at radius 3 is 2.82 bits per heavy atom. The van der Waals surface area contributed by atoms with Gasteiger partial charge in [-0.25, -0.2) is 4.39 Å². The standard InChI is InChI=1S/C13H17ClFNO/c1-13(6-3-7-17-13)12(16-2)10-5-4-9(14)8-11(10)15/h4-5,8,12,16H,3,6-7H2,1-2H3. The molecule has 4 heteroatoms. The second-order valence-electron chi connectivity index (χ2n) is 4.65. The molecule has 2 unspecified atom stereocenters. The molecule has 1 fully saturated rings. The predicted octanol–water partition coefficient (Wildman–Crippen LogP) is 3.31.